The average Bonchev–Trinajstić information content (AvgIpc) is 3.27. The molecule has 11 heteroatoms. The third-order valence-electron chi connectivity index (χ3n) is 5.59. The van der Waals surface area contributed by atoms with Crippen LogP contribution in [0.2, 0.25) is 0 Å². The van der Waals surface area contributed by atoms with E-state index in [9.17, 15) is 17.2 Å². The molecule has 1 saturated heterocycles. The van der Waals surface area contributed by atoms with Crippen LogP contribution in [0, 0.1) is 11.6 Å². The van der Waals surface area contributed by atoms with Crippen molar-refractivity contribution < 1.29 is 21.9 Å². The van der Waals surface area contributed by atoms with Crippen LogP contribution < -0.4 is 9.64 Å². The number of rotatable bonds is 6. The number of hydrogen-bond acceptors (Lipinski definition) is 6. The lowest BCUT2D eigenvalue weighted by atomic mass is 10.1. The zero-order valence-electron chi connectivity index (χ0n) is 17.5. The molecule has 0 saturated carbocycles. The van der Waals surface area contributed by atoms with E-state index in [1.165, 1.54) is 11.3 Å². The Kier molecular flexibility index (Phi) is 7.42. The molecule has 0 aliphatic carbocycles. The number of methoxy groups -OCH3 is 1. The summed E-state index contributed by atoms with van der Waals surface area (Å²) in [5, 5.41) is 2.03. The third kappa shape index (κ3) is 5.11. The van der Waals surface area contributed by atoms with E-state index < -0.39 is 31.6 Å². The second-order valence-corrected chi connectivity index (χ2v) is 12.3. The zero-order valence-corrected chi connectivity index (χ0v) is 22.3. The van der Waals surface area contributed by atoms with Crippen LogP contribution >= 0.6 is 43.2 Å². The molecule has 2 heterocycles. The summed E-state index contributed by atoms with van der Waals surface area (Å²) in [6, 6.07) is 8.72. The van der Waals surface area contributed by atoms with Crippen molar-refractivity contribution in [2.24, 2.45) is 0 Å². The molecule has 0 unspecified atom stereocenters. The molecular weight excluding hydrogens is 602 g/mol. The van der Waals surface area contributed by atoms with Gasteiger partial charge in [-0.1, -0.05) is 12.1 Å². The molecule has 176 valence electrons. The molecule has 0 spiro atoms. The van der Waals surface area contributed by atoms with Gasteiger partial charge in [-0.2, -0.15) is 0 Å². The molecule has 4 rings (SSSR count). The van der Waals surface area contributed by atoms with E-state index >= 15 is 0 Å². The molecule has 2 aromatic carbocycles. The molecule has 1 aliphatic rings. The highest BCUT2D eigenvalue weighted by Crippen LogP contribution is 2.37. The molecule has 1 aliphatic heterocycles. The summed E-state index contributed by atoms with van der Waals surface area (Å²) in [5.74, 6) is -1.01. The molecule has 0 radical (unpaired) electrons. The van der Waals surface area contributed by atoms with E-state index in [2.05, 4.69) is 31.9 Å². The van der Waals surface area contributed by atoms with E-state index in [0.717, 1.165) is 28.2 Å². The summed E-state index contributed by atoms with van der Waals surface area (Å²) in [5.41, 5.74) is 2.05. The van der Waals surface area contributed by atoms with Crippen molar-refractivity contribution in [2.75, 3.05) is 25.1 Å². The van der Waals surface area contributed by atoms with E-state index in [4.69, 9.17) is 9.72 Å². The highest BCUT2D eigenvalue weighted by molar-refractivity contribution is 9.11. The molecule has 3 aromatic rings. The number of sulfone groups is 1. The number of aromatic nitrogens is 1. The SMILES string of the molecule is COc1ccc(Cc2csc(N3CCC(S(=O)(=O)c4c(F)c(Br)cc(F)c4Br)CC3)n2)cc1. The lowest BCUT2D eigenvalue weighted by Gasteiger charge is -2.31. The molecule has 33 heavy (non-hydrogen) atoms. The smallest absolute Gasteiger partial charge is 0.185 e. The maximum Gasteiger partial charge on any atom is 0.185 e. The number of hydrogen-bond donors (Lipinski definition) is 0. The summed E-state index contributed by atoms with van der Waals surface area (Å²) >= 11 is 7.33. The average molecular weight is 622 g/mol. The van der Waals surface area contributed by atoms with Gasteiger partial charge in [0.05, 0.1) is 27.0 Å². The van der Waals surface area contributed by atoms with Crippen LogP contribution in [0.4, 0.5) is 13.9 Å². The van der Waals surface area contributed by atoms with Crippen LogP contribution in [0.25, 0.3) is 0 Å². The van der Waals surface area contributed by atoms with Crippen molar-refractivity contribution in [2.45, 2.75) is 29.4 Å². The lowest BCUT2D eigenvalue weighted by molar-refractivity contribution is 0.414. The second kappa shape index (κ2) is 9.97. The summed E-state index contributed by atoms with van der Waals surface area (Å²) < 4.78 is 59.5. The van der Waals surface area contributed by atoms with Gasteiger partial charge in [0.2, 0.25) is 0 Å². The molecule has 1 aromatic heterocycles. The number of piperidine rings is 1. The van der Waals surface area contributed by atoms with E-state index in [1.807, 2.05) is 34.5 Å². The number of halogens is 4. The monoisotopic (exact) mass is 620 g/mol. The Morgan fingerprint density at radius 1 is 1.18 bits per heavy atom. The summed E-state index contributed by atoms with van der Waals surface area (Å²) in [7, 11) is -2.43. The maximum absolute atomic E-state index is 14.6. The molecule has 0 N–H and O–H groups in total. The summed E-state index contributed by atoms with van der Waals surface area (Å²) in [4.78, 5) is 6.13. The van der Waals surface area contributed by atoms with Crippen molar-refractivity contribution in [3.8, 4) is 5.75 Å². The first-order valence-electron chi connectivity index (χ1n) is 10.1. The minimum absolute atomic E-state index is 0.216. The normalized spacial score (nSPS) is 15.1. The Balaban J connectivity index is 1.44. The van der Waals surface area contributed by atoms with Gasteiger partial charge >= 0.3 is 0 Å². The summed E-state index contributed by atoms with van der Waals surface area (Å²) in [6.45, 7) is 0.935. The second-order valence-electron chi connectivity index (χ2n) is 7.67. The zero-order chi connectivity index (χ0) is 23.8. The fourth-order valence-corrected chi connectivity index (χ4v) is 8.05. The van der Waals surface area contributed by atoms with Crippen molar-refractivity contribution in [3.05, 3.63) is 67.5 Å². The number of anilines is 1. The first-order chi connectivity index (χ1) is 15.7. The van der Waals surface area contributed by atoms with Gasteiger partial charge in [0, 0.05) is 24.9 Å². The summed E-state index contributed by atoms with van der Waals surface area (Å²) in [6.07, 6.45) is 1.29. The van der Waals surface area contributed by atoms with Crippen molar-refractivity contribution >= 4 is 58.2 Å². The molecule has 0 amide bonds. The predicted octanol–water partition coefficient (Wildman–Crippen LogP) is 5.99. The Hall–Kier alpha value is -1.56. The van der Waals surface area contributed by atoms with Crippen LogP contribution in [0.3, 0.4) is 0 Å². The molecule has 1 fully saturated rings. The van der Waals surface area contributed by atoms with Gasteiger partial charge in [-0.3, -0.25) is 0 Å². The standard InChI is InChI=1S/C22H20Br2F2N2O3S2/c1-31-15-4-2-13(3-5-15)10-14-12-32-22(27-14)28-8-6-16(7-9-28)33(29,30)21-19(24)18(25)11-17(23)20(21)26/h2-5,11-12,16H,6-10H2,1H3. The van der Waals surface area contributed by atoms with E-state index in [0.29, 0.717) is 32.4 Å². The fourth-order valence-electron chi connectivity index (χ4n) is 3.80. The predicted molar refractivity (Wildman–Crippen MR) is 132 cm³/mol. The van der Waals surface area contributed by atoms with Crippen molar-refractivity contribution in [1.29, 1.82) is 0 Å². The lowest BCUT2D eigenvalue weighted by Crippen LogP contribution is -2.39. The van der Waals surface area contributed by atoms with Gasteiger partial charge in [0.25, 0.3) is 0 Å². The number of nitrogens with zero attached hydrogens (tertiary/aromatic N) is 2. The first kappa shape index (κ1) is 24.6. The van der Waals surface area contributed by atoms with Gasteiger partial charge in [0.15, 0.2) is 20.8 Å². The van der Waals surface area contributed by atoms with E-state index in [1.54, 1.807) is 7.11 Å². The van der Waals surface area contributed by atoms with Crippen LogP contribution in [0.15, 0.2) is 49.6 Å². The Morgan fingerprint density at radius 2 is 1.85 bits per heavy atom. The Labute approximate surface area is 212 Å². The van der Waals surface area contributed by atoms with Crippen molar-refractivity contribution in [3.63, 3.8) is 0 Å². The maximum atomic E-state index is 14.6. The van der Waals surface area contributed by atoms with Crippen LogP contribution in [-0.4, -0.2) is 38.9 Å². The Bertz CT molecular complexity index is 1230. The quantitative estimate of drug-likeness (QED) is 0.317. The minimum atomic E-state index is -4.06. The molecule has 0 bridgehead atoms. The fraction of sp³-hybridized carbons (Fsp3) is 0.318. The van der Waals surface area contributed by atoms with Gasteiger partial charge in [0.1, 0.15) is 16.5 Å². The van der Waals surface area contributed by atoms with Crippen LogP contribution in [0.1, 0.15) is 24.1 Å². The molecule has 5 nitrogen and oxygen atoms in total. The number of thiazole rings is 1. The topological polar surface area (TPSA) is 59.5 Å². The Morgan fingerprint density at radius 3 is 2.48 bits per heavy atom. The molecular formula is C22H20Br2F2N2O3S2. The van der Waals surface area contributed by atoms with E-state index in [-0.39, 0.29) is 8.95 Å². The molecule has 0 atom stereocenters. The highest BCUT2D eigenvalue weighted by atomic mass is 79.9. The van der Waals surface area contributed by atoms with Crippen LogP contribution in [-0.2, 0) is 16.3 Å². The van der Waals surface area contributed by atoms with Crippen molar-refractivity contribution in [1.82, 2.24) is 4.98 Å². The van der Waals surface area contributed by atoms with Gasteiger partial charge in [-0.05, 0) is 68.5 Å². The van der Waals surface area contributed by atoms with Gasteiger partial charge in [-0.25, -0.2) is 22.2 Å². The highest BCUT2D eigenvalue weighted by Gasteiger charge is 2.36. The largest absolute Gasteiger partial charge is 0.497 e. The first-order valence-corrected chi connectivity index (χ1v) is 14.1. The minimum Gasteiger partial charge on any atom is -0.497 e. The van der Waals surface area contributed by atoms with Gasteiger partial charge < -0.3 is 9.64 Å². The third-order valence-corrected chi connectivity index (χ3v) is 10.5. The number of ether oxygens (including phenoxy) is 1. The number of benzene rings is 2. The van der Waals surface area contributed by atoms with Crippen LogP contribution in [0.5, 0.6) is 5.75 Å². The van der Waals surface area contributed by atoms with Gasteiger partial charge in [-0.15, -0.1) is 11.3 Å².